The molecule has 7 heterocycles. The summed E-state index contributed by atoms with van der Waals surface area (Å²) in [4.78, 5) is 32.1. The number of aliphatic carboxylic acids is 1. The number of H-pyrrole nitrogens is 1. The predicted octanol–water partition coefficient (Wildman–Crippen LogP) is 6.54. The average molecular weight is 720 g/mol. The molecule has 0 bridgehead atoms. The number of benzene rings is 1. The van der Waals surface area contributed by atoms with Gasteiger partial charge in [-0.2, -0.15) is 0 Å². The lowest BCUT2D eigenvalue weighted by atomic mass is 9.90. The summed E-state index contributed by atoms with van der Waals surface area (Å²) in [5.41, 5.74) is 5.64. The van der Waals surface area contributed by atoms with E-state index in [9.17, 15) is 15.0 Å². The Hall–Kier alpha value is -5.04. The average Bonchev–Trinajstić information content (AvgIpc) is 3.80. The van der Waals surface area contributed by atoms with Crippen LogP contribution in [-0.4, -0.2) is 90.7 Å². The van der Waals surface area contributed by atoms with Crippen molar-refractivity contribution < 1.29 is 19.5 Å². The van der Waals surface area contributed by atoms with Crippen LogP contribution in [0.4, 0.5) is 11.8 Å². The van der Waals surface area contributed by atoms with Gasteiger partial charge in [-0.1, -0.05) is 31.1 Å². The first-order valence-electron chi connectivity index (χ1n) is 19.1. The molecule has 2 fully saturated rings. The van der Waals surface area contributed by atoms with Crippen LogP contribution in [0.5, 0.6) is 5.75 Å². The minimum Gasteiger partial charge on any atom is -0.507 e. The van der Waals surface area contributed by atoms with E-state index in [1.165, 1.54) is 23.2 Å². The van der Waals surface area contributed by atoms with Crippen LogP contribution in [0.1, 0.15) is 93.3 Å². The summed E-state index contributed by atoms with van der Waals surface area (Å²) in [6, 6.07) is 11.1. The molecule has 1 aromatic carbocycles. The number of carboxylic acids is 1. The number of piperidine rings is 2. The van der Waals surface area contributed by atoms with E-state index in [0.29, 0.717) is 28.9 Å². The quantitative estimate of drug-likeness (QED) is 0.143. The Morgan fingerprint density at radius 1 is 1.00 bits per heavy atom. The molecular weight excluding hydrogens is 670 g/mol. The summed E-state index contributed by atoms with van der Waals surface area (Å²) in [7, 11) is 0. The molecule has 3 N–H and O–H groups in total. The number of nitrogens with zero attached hydrogens (tertiary/aromatic N) is 8. The lowest BCUT2D eigenvalue weighted by Gasteiger charge is -2.35. The first-order valence-corrected chi connectivity index (χ1v) is 19.1. The van der Waals surface area contributed by atoms with Crippen LogP contribution >= 0.6 is 0 Å². The molecule has 0 radical (unpaired) electrons. The number of aromatic nitrogens is 6. The van der Waals surface area contributed by atoms with Gasteiger partial charge in [0.2, 0.25) is 5.95 Å². The zero-order chi connectivity index (χ0) is 36.6. The molecule has 278 valence electrons. The Morgan fingerprint density at radius 3 is 2.47 bits per heavy atom. The third-order valence-corrected chi connectivity index (χ3v) is 11.9. The minimum atomic E-state index is -0.871. The maximum absolute atomic E-state index is 11.7. The Bertz CT molecular complexity index is 2040. The zero-order valence-electron chi connectivity index (χ0n) is 30.8. The van der Waals surface area contributed by atoms with Crippen molar-refractivity contribution in [3.8, 4) is 17.0 Å². The van der Waals surface area contributed by atoms with Crippen molar-refractivity contribution >= 4 is 28.8 Å². The number of carboxylic acid groups (broad SMARTS) is 1. The van der Waals surface area contributed by atoms with Gasteiger partial charge in [0.05, 0.1) is 11.7 Å². The molecule has 2 saturated heterocycles. The van der Waals surface area contributed by atoms with Gasteiger partial charge in [0.25, 0.3) is 0 Å². The topological polar surface area (TPSA) is 161 Å². The second-order valence-electron chi connectivity index (χ2n) is 15.4. The van der Waals surface area contributed by atoms with Crippen molar-refractivity contribution in [1.29, 1.82) is 0 Å². The molecule has 5 aromatic rings. The maximum atomic E-state index is 11.7. The van der Waals surface area contributed by atoms with Gasteiger partial charge in [-0.3, -0.25) is 4.79 Å². The molecule has 2 atom stereocenters. The molecule has 1 unspecified atom stereocenters. The van der Waals surface area contributed by atoms with Crippen molar-refractivity contribution in [2.75, 3.05) is 49.1 Å². The highest BCUT2D eigenvalue weighted by molar-refractivity contribution is 5.86. The van der Waals surface area contributed by atoms with Crippen LogP contribution < -0.4 is 9.80 Å². The number of phenolic OH excluding ortho intramolecular Hbond substituents is 1. The van der Waals surface area contributed by atoms with Gasteiger partial charge in [0, 0.05) is 66.7 Å². The van der Waals surface area contributed by atoms with Gasteiger partial charge < -0.3 is 34.4 Å². The van der Waals surface area contributed by atoms with E-state index in [0.717, 1.165) is 94.2 Å². The molecule has 0 amide bonds. The highest BCUT2D eigenvalue weighted by Crippen LogP contribution is 2.39. The van der Waals surface area contributed by atoms with E-state index in [1.807, 2.05) is 50.5 Å². The lowest BCUT2D eigenvalue weighted by molar-refractivity contribution is -0.140. The summed E-state index contributed by atoms with van der Waals surface area (Å²) in [5, 5.41) is 34.1. The Kier molecular flexibility index (Phi) is 9.76. The zero-order valence-corrected chi connectivity index (χ0v) is 30.8. The number of likely N-dealkylation sites (tertiary alicyclic amines) is 1. The van der Waals surface area contributed by atoms with E-state index in [-0.39, 0.29) is 17.7 Å². The summed E-state index contributed by atoms with van der Waals surface area (Å²) in [6.07, 6.45) is 10.6. The number of aromatic hydroxyl groups is 1. The first-order chi connectivity index (χ1) is 25.7. The molecule has 8 rings (SSSR count). The highest BCUT2D eigenvalue weighted by Gasteiger charge is 2.32. The van der Waals surface area contributed by atoms with Gasteiger partial charge in [0.1, 0.15) is 11.7 Å². The highest BCUT2D eigenvalue weighted by atomic mass is 16.5. The standard InChI is InChI=1S/C40H49N9O4/c1-24(2)36(39(51)52)34-21-35(46-53-34)48-17-9-26(10-18-48)8-14-47-15-11-27(12-16-47)28-22-41-40(42-23-28)49-19-13-31-37(25(49)3)30-20-32(44-45-38(30)43-31)29-6-4-5-7-33(29)50/h4-7,20-27,36,50H,8-19H2,1-3H3,(H,43,45)(H,51,52)/t25-,36?/m1/s1. The van der Waals surface area contributed by atoms with Gasteiger partial charge in [0.15, 0.2) is 17.2 Å². The van der Waals surface area contributed by atoms with E-state index in [2.05, 4.69) is 42.0 Å². The van der Waals surface area contributed by atoms with E-state index >= 15 is 0 Å². The molecule has 13 heteroatoms. The molecular formula is C40H49N9O4. The number of carbonyl (C=O) groups is 1. The Balaban J connectivity index is 0.824. The number of hydrogen-bond acceptors (Lipinski definition) is 11. The predicted molar refractivity (Wildman–Crippen MR) is 202 cm³/mol. The summed E-state index contributed by atoms with van der Waals surface area (Å²) >= 11 is 0. The second-order valence-corrected chi connectivity index (χ2v) is 15.4. The lowest BCUT2D eigenvalue weighted by Crippen LogP contribution is -2.37. The smallest absolute Gasteiger partial charge is 0.314 e. The molecule has 13 nitrogen and oxygen atoms in total. The van der Waals surface area contributed by atoms with Crippen molar-refractivity contribution in [1.82, 2.24) is 35.2 Å². The minimum absolute atomic E-state index is 0.0479. The molecule has 0 saturated carbocycles. The number of phenols is 1. The van der Waals surface area contributed by atoms with Crippen LogP contribution in [-0.2, 0) is 11.2 Å². The normalized spacial score (nSPS) is 19.6. The van der Waals surface area contributed by atoms with Crippen LogP contribution in [0.25, 0.3) is 22.3 Å². The third kappa shape index (κ3) is 7.06. The van der Waals surface area contributed by atoms with Crippen molar-refractivity contribution in [3.63, 3.8) is 0 Å². The number of para-hydroxylation sites is 1. The fourth-order valence-corrected chi connectivity index (χ4v) is 8.72. The monoisotopic (exact) mass is 719 g/mol. The number of fused-ring (bicyclic) bond motifs is 3. The molecule has 4 aromatic heterocycles. The SMILES string of the molecule is CC(C)C(C(=O)O)c1cc(N2CCC(CCN3CCC(c4cnc(N5CCc6[nH]c7nnc(-c8ccccc8O)cc7c6[C@H]5C)nc4)CC3)CC2)no1. The van der Waals surface area contributed by atoms with Crippen molar-refractivity contribution in [3.05, 3.63) is 71.4 Å². The Labute approximate surface area is 309 Å². The number of rotatable bonds is 10. The molecule has 0 spiro atoms. The van der Waals surface area contributed by atoms with Crippen LogP contribution in [0, 0.1) is 11.8 Å². The third-order valence-electron chi connectivity index (χ3n) is 11.9. The van der Waals surface area contributed by atoms with Gasteiger partial charge in [-0.15, -0.1) is 10.2 Å². The molecule has 0 aliphatic carbocycles. The molecule has 3 aliphatic rings. The number of anilines is 2. The maximum Gasteiger partial charge on any atom is 0.314 e. The fourth-order valence-electron chi connectivity index (χ4n) is 8.72. The Morgan fingerprint density at radius 2 is 1.75 bits per heavy atom. The second kappa shape index (κ2) is 14.8. The van der Waals surface area contributed by atoms with Gasteiger partial charge in [-0.25, -0.2) is 9.97 Å². The summed E-state index contributed by atoms with van der Waals surface area (Å²) < 4.78 is 5.47. The van der Waals surface area contributed by atoms with Crippen LogP contribution in [0.3, 0.4) is 0 Å². The fraction of sp³-hybridized carbons (Fsp3) is 0.500. The number of hydrogen-bond donors (Lipinski definition) is 3. The van der Waals surface area contributed by atoms with Crippen molar-refractivity contribution in [2.45, 2.75) is 77.2 Å². The van der Waals surface area contributed by atoms with E-state index < -0.39 is 11.9 Å². The van der Waals surface area contributed by atoms with E-state index in [4.69, 9.17) is 14.5 Å². The van der Waals surface area contributed by atoms with Gasteiger partial charge in [-0.05, 0) is 100 Å². The van der Waals surface area contributed by atoms with Crippen LogP contribution in [0.15, 0.2) is 53.3 Å². The first kappa shape index (κ1) is 35.0. The van der Waals surface area contributed by atoms with Gasteiger partial charge >= 0.3 is 5.97 Å². The summed E-state index contributed by atoms with van der Waals surface area (Å²) in [5.74, 6) is 1.68. The van der Waals surface area contributed by atoms with Crippen molar-refractivity contribution in [2.24, 2.45) is 11.8 Å². The van der Waals surface area contributed by atoms with Crippen LogP contribution in [0.2, 0.25) is 0 Å². The summed E-state index contributed by atoms with van der Waals surface area (Å²) in [6.45, 7) is 11.9. The largest absolute Gasteiger partial charge is 0.507 e. The molecule has 53 heavy (non-hydrogen) atoms. The molecule has 3 aliphatic heterocycles. The number of aromatic amines is 1. The number of nitrogens with one attached hydrogen (secondary N) is 1. The van der Waals surface area contributed by atoms with E-state index in [1.54, 1.807) is 12.1 Å².